The summed E-state index contributed by atoms with van der Waals surface area (Å²) in [6, 6.07) is -0.0459. The maximum atomic E-state index is 14.7. The summed E-state index contributed by atoms with van der Waals surface area (Å²) in [6.45, 7) is 6.64. The maximum Gasteiger partial charge on any atom is 0.410 e. The van der Waals surface area contributed by atoms with Crippen LogP contribution >= 0.6 is 35.0 Å². The van der Waals surface area contributed by atoms with Gasteiger partial charge in [-0.3, -0.25) is 4.90 Å². The normalized spacial score (nSPS) is 21.4. The van der Waals surface area contributed by atoms with Crippen LogP contribution in [0.1, 0.15) is 33.6 Å². The predicted molar refractivity (Wildman–Crippen MR) is 116 cm³/mol. The third kappa shape index (κ3) is 3.87. The number of halogens is 3. The summed E-state index contributed by atoms with van der Waals surface area (Å²) in [5.74, 6) is -0.205. The van der Waals surface area contributed by atoms with Crippen LogP contribution in [0.2, 0.25) is 10.3 Å². The fraction of sp³-hybridized carbons (Fsp3) is 0.579. The highest BCUT2D eigenvalue weighted by Crippen LogP contribution is 2.39. The van der Waals surface area contributed by atoms with Gasteiger partial charge in [-0.05, 0) is 39.9 Å². The predicted octanol–water partition coefficient (Wildman–Crippen LogP) is 4.78. The lowest BCUT2D eigenvalue weighted by molar-refractivity contribution is 0.0123. The van der Waals surface area contributed by atoms with E-state index in [-0.39, 0.29) is 34.0 Å². The number of thioether (sulfide) groups is 1. The molecule has 30 heavy (non-hydrogen) atoms. The smallest absolute Gasteiger partial charge is 0.410 e. The van der Waals surface area contributed by atoms with Crippen molar-refractivity contribution in [1.29, 1.82) is 0 Å². The minimum absolute atomic E-state index is 0.0229. The molecule has 2 aromatic rings. The third-order valence-corrected chi connectivity index (χ3v) is 6.30. The van der Waals surface area contributed by atoms with Crippen LogP contribution < -0.4 is 4.90 Å². The van der Waals surface area contributed by atoms with Crippen molar-refractivity contribution in [2.45, 2.75) is 56.5 Å². The molecule has 0 N–H and O–H groups in total. The van der Waals surface area contributed by atoms with E-state index in [0.29, 0.717) is 29.5 Å². The van der Waals surface area contributed by atoms with E-state index in [2.05, 4.69) is 15.0 Å². The Morgan fingerprint density at radius 3 is 2.33 bits per heavy atom. The standard InChI is InChI=1S/C19H22Cl2FN5O2S/c1-19(2,3)29-18(28)27-9-5-6-10(27)8-26(7-9)16-11-13(23-17(25-16)30-4)12(22)15(21)24-14(11)20/h9-10H,5-8H2,1-4H3. The van der Waals surface area contributed by atoms with Gasteiger partial charge in [0, 0.05) is 13.1 Å². The zero-order valence-corrected chi connectivity index (χ0v) is 19.4. The van der Waals surface area contributed by atoms with E-state index in [9.17, 15) is 9.18 Å². The van der Waals surface area contributed by atoms with Crippen molar-refractivity contribution in [1.82, 2.24) is 19.9 Å². The monoisotopic (exact) mass is 473 g/mol. The van der Waals surface area contributed by atoms with Crippen LogP contribution in [0.4, 0.5) is 15.0 Å². The molecule has 2 aliphatic heterocycles. The number of piperazine rings is 1. The molecular formula is C19H22Cl2FN5O2S. The third-order valence-electron chi connectivity index (χ3n) is 5.23. The number of nitrogens with zero attached hydrogens (tertiary/aromatic N) is 5. The SMILES string of the molecule is CSc1nc(N2CC3CCC(C2)N3C(=O)OC(C)(C)C)c2c(Cl)nc(Cl)c(F)c2n1. The zero-order valence-electron chi connectivity index (χ0n) is 17.1. The van der Waals surface area contributed by atoms with Crippen molar-refractivity contribution >= 4 is 57.8 Å². The van der Waals surface area contributed by atoms with Gasteiger partial charge in [0.15, 0.2) is 16.1 Å². The second kappa shape index (κ2) is 7.84. The van der Waals surface area contributed by atoms with Crippen molar-refractivity contribution in [3.8, 4) is 0 Å². The lowest BCUT2D eigenvalue weighted by atomic mass is 10.1. The topological polar surface area (TPSA) is 71.5 Å². The number of carbonyl (C=O) groups is 1. The Hall–Kier alpha value is -1.58. The highest BCUT2D eigenvalue weighted by molar-refractivity contribution is 7.98. The number of hydrogen-bond acceptors (Lipinski definition) is 7. The Morgan fingerprint density at radius 1 is 1.13 bits per heavy atom. The molecule has 0 spiro atoms. The van der Waals surface area contributed by atoms with E-state index < -0.39 is 11.4 Å². The molecule has 2 atom stereocenters. The Kier molecular flexibility index (Phi) is 5.65. The van der Waals surface area contributed by atoms with Crippen LogP contribution in [0.3, 0.4) is 0 Å². The summed E-state index contributed by atoms with van der Waals surface area (Å²) in [7, 11) is 0. The van der Waals surface area contributed by atoms with Crippen molar-refractivity contribution < 1.29 is 13.9 Å². The summed E-state index contributed by atoms with van der Waals surface area (Å²) in [4.78, 5) is 29.4. The molecule has 2 aliphatic rings. The largest absolute Gasteiger partial charge is 0.444 e. The molecule has 0 radical (unpaired) electrons. The number of amides is 1. The Bertz CT molecular complexity index is 1000. The fourth-order valence-electron chi connectivity index (χ4n) is 4.08. The molecule has 2 saturated heterocycles. The van der Waals surface area contributed by atoms with Gasteiger partial charge in [-0.1, -0.05) is 35.0 Å². The first-order valence-electron chi connectivity index (χ1n) is 9.61. The highest BCUT2D eigenvalue weighted by atomic mass is 35.5. The fourth-order valence-corrected chi connectivity index (χ4v) is 4.91. The second-order valence-electron chi connectivity index (χ2n) is 8.44. The van der Waals surface area contributed by atoms with Gasteiger partial charge < -0.3 is 9.64 Å². The van der Waals surface area contributed by atoms with E-state index in [4.69, 9.17) is 27.9 Å². The van der Waals surface area contributed by atoms with Gasteiger partial charge in [0.1, 0.15) is 22.1 Å². The van der Waals surface area contributed by atoms with E-state index in [0.717, 1.165) is 12.8 Å². The molecule has 4 rings (SSSR count). The van der Waals surface area contributed by atoms with Crippen LogP contribution in [0.5, 0.6) is 0 Å². The van der Waals surface area contributed by atoms with Crippen LogP contribution in [0, 0.1) is 5.82 Å². The minimum Gasteiger partial charge on any atom is -0.444 e. The molecule has 1 amide bonds. The summed E-state index contributed by atoms with van der Waals surface area (Å²) < 4.78 is 20.3. The van der Waals surface area contributed by atoms with Gasteiger partial charge in [0.25, 0.3) is 0 Å². The molecular weight excluding hydrogens is 452 g/mol. The van der Waals surface area contributed by atoms with Crippen molar-refractivity contribution in [3.05, 3.63) is 16.1 Å². The Morgan fingerprint density at radius 2 is 1.77 bits per heavy atom. The summed E-state index contributed by atoms with van der Waals surface area (Å²) in [5, 5.41) is 0.484. The lowest BCUT2D eigenvalue weighted by Gasteiger charge is -2.42. The number of anilines is 1. The van der Waals surface area contributed by atoms with E-state index in [1.807, 2.05) is 36.8 Å². The number of aromatic nitrogens is 3. The number of ether oxygens (including phenoxy) is 1. The van der Waals surface area contributed by atoms with Crippen molar-refractivity contribution in [2.24, 2.45) is 0 Å². The van der Waals surface area contributed by atoms with E-state index in [1.165, 1.54) is 11.8 Å². The molecule has 4 heterocycles. The van der Waals surface area contributed by atoms with E-state index >= 15 is 0 Å². The number of fused-ring (bicyclic) bond motifs is 3. The van der Waals surface area contributed by atoms with Gasteiger partial charge in [-0.15, -0.1) is 0 Å². The number of pyridine rings is 1. The highest BCUT2D eigenvalue weighted by Gasteiger charge is 2.45. The summed E-state index contributed by atoms with van der Waals surface area (Å²) >= 11 is 13.5. The van der Waals surface area contributed by atoms with Crippen molar-refractivity contribution in [2.75, 3.05) is 24.2 Å². The molecule has 0 aliphatic carbocycles. The molecule has 0 saturated carbocycles. The average molecular weight is 474 g/mol. The van der Waals surface area contributed by atoms with Gasteiger partial charge in [-0.2, -0.15) is 0 Å². The zero-order chi connectivity index (χ0) is 21.8. The first-order valence-corrected chi connectivity index (χ1v) is 11.6. The van der Waals surface area contributed by atoms with Crippen LogP contribution in [0.15, 0.2) is 5.16 Å². The molecule has 7 nitrogen and oxygen atoms in total. The number of carbonyl (C=O) groups excluding carboxylic acids is 1. The Balaban J connectivity index is 1.72. The van der Waals surface area contributed by atoms with Crippen molar-refractivity contribution in [3.63, 3.8) is 0 Å². The van der Waals surface area contributed by atoms with Crippen LogP contribution in [-0.2, 0) is 4.74 Å². The lowest BCUT2D eigenvalue weighted by Crippen LogP contribution is -2.57. The number of hydrogen-bond donors (Lipinski definition) is 0. The first-order chi connectivity index (χ1) is 14.1. The quantitative estimate of drug-likeness (QED) is 0.352. The van der Waals surface area contributed by atoms with Gasteiger partial charge >= 0.3 is 6.09 Å². The summed E-state index contributed by atoms with van der Waals surface area (Å²) in [6.07, 6.45) is 3.25. The van der Waals surface area contributed by atoms with Gasteiger partial charge in [0.05, 0.1) is 17.5 Å². The molecule has 2 fully saturated rings. The minimum atomic E-state index is -0.717. The van der Waals surface area contributed by atoms with E-state index in [1.54, 1.807) is 0 Å². The Labute approximate surface area is 188 Å². The van der Waals surface area contributed by atoms with Crippen LogP contribution in [-0.4, -0.2) is 63.0 Å². The second-order valence-corrected chi connectivity index (χ2v) is 9.93. The van der Waals surface area contributed by atoms with Crippen LogP contribution in [0.25, 0.3) is 10.9 Å². The molecule has 11 heteroatoms. The molecule has 2 bridgehead atoms. The molecule has 2 aromatic heterocycles. The molecule has 162 valence electrons. The first kappa shape index (κ1) is 21.6. The average Bonchev–Trinajstić information content (AvgIpc) is 2.94. The summed E-state index contributed by atoms with van der Waals surface area (Å²) in [5.41, 5.74) is -0.504. The molecule has 0 aromatic carbocycles. The van der Waals surface area contributed by atoms with Gasteiger partial charge in [-0.25, -0.2) is 24.1 Å². The maximum absolute atomic E-state index is 14.7. The molecule has 2 unspecified atom stereocenters. The number of rotatable bonds is 2. The van der Waals surface area contributed by atoms with Gasteiger partial charge in [0.2, 0.25) is 0 Å².